The van der Waals surface area contributed by atoms with Gasteiger partial charge in [-0.15, -0.1) is 0 Å². The van der Waals surface area contributed by atoms with Crippen molar-refractivity contribution in [1.82, 2.24) is 9.47 Å². The van der Waals surface area contributed by atoms with Crippen molar-refractivity contribution in [1.29, 1.82) is 0 Å². The van der Waals surface area contributed by atoms with Crippen LogP contribution in [0.1, 0.15) is 0 Å². The minimum absolute atomic E-state index is 0.0331. The van der Waals surface area contributed by atoms with Gasteiger partial charge in [-0.2, -0.15) is 4.99 Å². The van der Waals surface area contributed by atoms with E-state index < -0.39 is 0 Å². The molecule has 20 heavy (non-hydrogen) atoms. The lowest BCUT2D eigenvalue weighted by Crippen LogP contribution is -2.30. The maximum Gasteiger partial charge on any atom is 0.282 e. The van der Waals surface area contributed by atoms with Gasteiger partial charge >= 0.3 is 0 Å². The molecule has 1 aliphatic heterocycles. The van der Waals surface area contributed by atoms with Crippen molar-refractivity contribution < 1.29 is 9.59 Å². The molecule has 104 valence electrons. The Kier molecular flexibility index (Phi) is 3.62. The van der Waals surface area contributed by atoms with Crippen LogP contribution in [-0.4, -0.2) is 39.5 Å². The largest absolute Gasteiger partial charge is 0.323 e. The van der Waals surface area contributed by atoms with E-state index in [1.165, 1.54) is 23.1 Å². The molecular weight excluding hydrogens is 294 g/mol. The molecule has 1 aromatic carbocycles. The molecule has 1 fully saturated rings. The number of para-hydroxylation sites is 1. The normalized spacial score (nSPS) is 16.4. The number of nitrogens with zero attached hydrogens (tertiary/aromatic N) is 3. The number of amides is 2. The van der Waals surface area contributed by atoms with Crippen LogP contribution in [0, 0.1) is 0 Å². The van der Waals surface area contributed by atoms with Gasteiger partial charge in [-0.25, -0.2) is 0 Å². The fourth-order valence-electron chi connectivity index (χ4n) is 2.06. The second-order valence-corrected chi connectivity index (χ2v) is 6.51. The molecule has 1 saturated heterocycles. The topological polar surface area (TPSA) is 54.7 Å². The van der Waals surface area contributed by atoms with Gasteiger partial charge in [0.2, 0.25) is 0 Å². The first-order valence-corrected chi connectivity index (χ1v) is 7.99. The second-order valence-electron chi connectivity index (χ2n) is 4.45. The van der Waals surface area contributed by atoms with Gasteiger partial charge < -0.3 is 9.47 Å². The van der Waals surface area contributed by atoms with E-state index in [1.54, 1.807) is 4.90 Å². The molecule has 0 saturated carbocycles. The molecule has 0 unspecified atom stereocenters. The maximum atomic E-state index is 12.0. The Morgan fingerprint density at radius 2 is 2.20 bits per heavy atom. The second kappa shape index (κ2) is 5.41. The average molecular weight is 307 g/mol. The number of thioether (sulfide) groups is 1. The molecule has 0 bridgehead atoms. The Bertz CT molecular complexity index is 747. The van der Waals surface area contributed by atoms with Crippen molar-refractivity contribution in [2.75, 3.05) is 18.8 Å². The first kappa shape index (κ1) is 13.4. The molecule has 1 aliphatic rings. The number of carbonyl (C=O) groups excluding carboxylic acids is 2. The van der Waals surface area contributed by atoms with Crippen LogP contribution in [0.5, 0.6) is 0 Å². The smallest absolute Gasteiger partial charge is 0.282 e. The minimum Gasteiger partial charge on any atom is -0.323 e. The van der Waals surface area contributed by atoms with Crippen molar-refractivity contribution >= 4 is 44.5 Å². The predicted molar refractivity (Wildman–Crippen MR) is 80.8 cm³/mol. The van der Waals surface area contributed by atoms with E-state index in [1.807, 2.05) is 35.9 Å². The number of carbonyl (C=O) groups is 2. The van der Waals surface area contributed by atoms with Gasteiger partial charge in [-0.05, 0) is 12.1 Å². The van der Waals surface area contributed by atoms with Gasteiger partial charge in [0.05, 0.1) is 10.2 Å². The highest BCUT2D eigenvalue weighted by Crippen LogP contribution is 2.17. The lowest BCUT2D eigenvalue weighted by molar-refractivity contribution is -0.118. The van der Waals surface area contributed by atoms with Gasteiger partial charge in [-0.1, -0.05) is 35.2 Å². The molecule has 0 N–H and O–H groups in total. The zero-order valence-electron chi connectivity index (χ0n) is 10.9. The number of thiazole rings is 1. The fraction of sp³-hybridized carbons (Fsp3) is 0.308. The first-order valence-electron chi connectivity index (χ1n) is 6.19. The summed E-state index contributed by atoms with van der Waals surface area (Å²) in [7, 11) is 1.89. The van der Waals surface area contributed by atoms with Crippen LogP contribution in [0.15, 0.2) is 29.3 Å². The fourth-order valence-corrected chi connectivity index (χ4v) is 3.92. The minimum atomic E-state index is -0.275. The third-order valence-electron chi connectivity index (χ3n) is 3.11. The Hall–Kier alpha value is -1.60. The van der Waals surface area contributed by atoms with Crippen LogP contribution in [0.2, 0.25) is 0 Å². The molecule has 0 aliphatic carbocycles. The zero-order valence-corrected chi connectivity index (χ0v) is 12.5. The number of hydrogen-bond acceptors (Lipinski definition) is 4. The van der Waals surface area contributed by atoms with Gasteiger partial charge in [0.15, 0.2) is 4.80 Å². The lowest BCUT2D eigenvalue weighted by atomic mass is 10.3. The molecule has 2 heterocycles. The van der Waals surface area contributed by atoms with Crippen molar-refractivity contribution in [3.05, 3.63) is 29.1 Å². The molecule has 2 aromatic rings. The third-order valence-corrected chi connectivity index (χ3v) is 5.11. The molecule has 2 amide bonds. The summed E-state index contributed by atoms with van der Waals surface area (Å²) in [5, 5.41) is -0.0331. The Balaban J connectivity index is 1.88. The van der Waals surface area contributed by atoms with Gasteiger partial charge in [-0.3, -0.25) is 9.59 Å². The van der Waals surface area contributed by atoms with Crippen LogP contribution in [0.25, 0.3) is 10.2 Å². The number of benzene rings is 1. The van der Waals surface area contributed by atoms with Gasteiger partial charge in [0.25, 0.3) is 11.1 Å². The van der Waals surface area contributed by atoms with E-state index in [9.17, 15) is 9.59 Å². The summed E-state index contributed by atoms with van der Waals surface area (Å²) in [5.74, 6) is 0.478. The number of aryl methyl sites for hydroxylation is 1. The monoisotopic (exact) mass is 307 g/mol. The Morgan fingerprint density at radius 3 is 2.90 bits per heavy atom. The molecule has 0 atom stereocenters. The van der Waals surface area contributed by atoms with E-state index in [2.05, 4.69) is 4.99 Å². The molecule has 5 nitrogen and oxygen atoms in total. The zero-order chi connectivity index (χ0) is 14.1. The summed E-state index contributed by atoms with van der Waals surface area (Å²) >= 11 is 2.73. The predicted octanol–water partition coefficient (Wildman–Crippen LogP) is 1.84. The summed E-state index contributed by atoms with van der Waals surface area (Å²) in [6.07, 6.45) is 0. The lowest BCUT2D eigenvalue weighted by Gasteiger charge is -2.10. The quantitative estimate of drug-likeness (QED) is 0.850. The first-order chi connectivity index (χ1) is 9.65. The van der Waals surface area contributed by atoms with Gasteiger partial charge in [0.1, 0.15) is 6.54 Å². The van der Waals surface area contributed by atoms with Crippen molar-refractivity contribution in [2.45, 2.75) is 0 Å². The molecule has 3 rings (SSSR count). The van der Waals surface area contributed by atoms with Crippen LogP contribution >= 0.6 is 23.1 Å². The number of fused-ring (bicyclic) bond motifs is 1. The van der Waals surface area contributed by atoms with Crippen molar-refractivity contribution in [3.8, 4) is 0 Å². The summed E-state index contributed by atoms with van der Waals surface area (Å²) in [5.41, 5.74) is 1.05. The van der Waals surface area contributed by atoms with Crippen LogP contribution in [-0.2, 0) is 11.8 Å². The maximum absolute atomic E-state index is 12.0. The van der Waals surface area contributed by atoms with E-state index in [4.69, 9.17) is 0 Å². The standard InChI is InChI=1S/C13H13N3O2S2/c1-15-9-4-2-3-5-10(9)20-12(15)14-11(17)8-16-6-7-19-13(16)18/h2-5H,6-8H2,1H3. The summed E-state index contributed by atoms with van der Waals surface area (Å²) in [6.45, 7) is 0.698. The molecule has 0 spiro atoms. The average Bonchev–Trinajstić information content (AvgIpc) is 2.96. The molecule has 0 radical (unpaired) electrons. The summed E-state index contributed by atoms with van der Waals surface area (Å²) < 4.78 is 2.99. The Morgan fingerprint density at radius 1 is 1.40 bits per heavy atom. The van der Waals surface area contributed by atoms with Crippen LogP contribution in [0.4, 0.5) is 4.79 Å². The summed E-state index contributed by atoms with van der Waals surface area (Å²) in [6, 6.07) is 7.92. The van der Waals surface area contributed by atoms with Crippen molar-refractivity contribution in [3.63, 3.8) is 0 Å². The number of rotatable bonds is 2. The Labute approximate surface area is 123 Å². The van der Waals surface area contributed by atoms with Crippen LogP contribution in [0.3, 0.4) is 0 Å². The number of hydrogen-bond donors (Lipinski definition) is 0. The molecule has 7 heteroatoms. The highest BCUT2D eigenvalue weighted by molar-refractivity contribution is 8.13. The SMILES string of the molecule is Cn1c(=NC(=O)CN2CCSC2=O)sc2ccccc21. The van der Waals surface area contributed by atoms with E-state index >= 15 is 0 Å². The van der Waals surface area contributed by atoms with E-state index in [-0.39, 0.29) is 17.7 Å². The summed E-state index contributed by atoms with van der Waals surface area (Å²) in [4.78, 5) is 29.8. The van der Waals surface area contributed by atoms with Crippen molar-refractivity contribution in [2.24, 2.45) is 12.0 Å². The molecular formula is C13H13N3O2S2. The van der Waals surface area contributed by atoms with Crippen LogP contribution < -0.4 is 4.80 Å². The third kappa shape index (κ3) is 2.51. The van der Waals surface area contributed by atoms with E-state index in [0.717, 1.165) is 16.0 Å². The van der Waals surface area contributed by atoms with E-state index in [0.29, 0.717) is 11.3 Å². The highest BCUT2D eigenvalue weighted by atomic mass is 32.2. The highest BCUT2D eigenvalue weighted by Gasteiger charge is 2.23. The number of aromatic nitrogens is 1. The van der Waals surface area contributed by atoms with Gasteiger partial charge in [0, 0.05) is 19.3 Å². The molecule has 1 aromatic heterocycles.